The molecular formula is C30H36FN3O5S. The lowest BCUT2D eigenvalue weighted by molar-refractivity contribution is -0.140. The Morgan fingerprint density at radius 3 is 2.30 bits per heavy atom. The summed E-state index contributed by atoms with van der Waals surface area (Å²) in [4.78, 5) is 28.6. The van der Waals surface area contributed by atoms with Gasteiger partial charge in [-0.05, 0) is 54.8 Å². The summed E-state index contributed by atoms with van der Waals surface area (Å²) in [7, 11) is -2.71. The van der Waals surface area contributed by atoms with E-state index in [1.54, 1.807) is 43.3 Å². The molecule has 3 aromatic carbocycles. The van der Waals surface area contributed by atoms with E-state index in [2.05, 4.69) is 5.32 Å². The molecular weight excluding hydrogens is 533 g/mol. The van der Waals surface area contributed by atoms with Gasteiger partial charge in [0.2, 0.25) is 11.8 Å². The molecule has 0 radical (unpaired) electrons. The third-order valence-corrected chi connectivity index (χ3v) is 8.22. The molecule has 0 aliphatic rings. The minimum atomic E-state index is -4.18. The zero-order valence-corrected chi connectivity index (χ0v) is 23.9. The second-order valence-electron chi connectivity index (χ2n) is 9.24. The maximum absolute atomic E-state index is 14.0. The largest absolute Gasteiger partial charge is 0.497 e. The first-order valence-corrected chi connectivity index (χ1v) is 14.7. The Hall–Kier alpha value is -3.92. The minimum Gasteiger partial charge on any atom is -0.497 e. The monoisotopic (exact) mass is 569 g/mol. The summed E-state index contributed by atoms with van der Waals surface area (Å²) in [6.45, 7) is 3.69. The van der Waals surface area contributed by atoms with Gasteiger partial charge in [-0.3, -0.25) is 13.9 Å². The third kappa shape index (κ3) is 7.81. The highest BCUT2D eigenvalue weighted by atomic mass is 32.2. The average Bonchev–Trinajstić information content (AvgIpc) is 2.97. The van der Waals surface area contributed by atoms with Crippen molar-refractivity contribution in [2.45, 2.75) is 50.6 Å². The second kappa shape index (κ2) is 14.5. The van der Waals surface area contributed by atoms with Gasteiger partial charge in [-0.25, -0.2) is 12.8 Å². The average molecular weight is 570 g/mol. The lowest BCUT2D eigenvalue weighted by Gasteiger charge is -2.33. The van der Waals surface area contributed by atoms with Gasteiger partial charge in [0.15, 0.2) is 0 Å². The van der Waals surface area contributed by atoms with Crippen LogP contribution < -0.4 is 14.4 Å². The van der Waals surface area contributed by atoms with E-state index in [-0.39, 0.29) is 23.0 Å². The highest BCUT2D eigenvalue weighted by molar-refractivity contribution is 7.92. The molecule has 0 spiro atoms. The van der Waals surface area contributed by atoms with Crippen molar-refractivity contribution >= 4 is 27.5 Å². The first-order chi connectivity index (χ1) is 19.2. The van der Waals surface area contributed by atoms with Crippen molar-refractivity contribution in [1.29, 1.82) is 0 Å². The molecule has 0 aromatic heterocycles. The molecule has 0 saturated carbocycles. The van der Waals surface area contributed by atoms with Crippen LogP contribution in [0.2, 0.25) is 0 Å². The van der Waals surface area contributed by atoms with Crippen LogP contribution in [-0.4, -0.2) is 51.4 Å². The molecule has 2 amide bonds. The number of ether oxygens (including phenoxy) is 1. The van der Waals surface area contributed by atoms with E-state index >= 15 is 0 Å². The lowest BCUT2D eigenvalue weighted by atomic mass is 10.1. The number of methoxy groups -OCH3 is 1. The van der Waals surface area contributed by atoms with Gasteiger partial charge < -0.3 is 15.0 Å². The Labute approximate surface area is 235 Å². The van der Waals surface area contributed by atoms with Gasteiger partial charge in [0, 0.05) is 19.2 Å². The number of unbranched alkanes of at least 4 members (excludes halogenated alkanes) is 1. The van der Waals surface area contributed by atoms with E-state index in [1.165, 1.54) is 54.5 Å². The molecule has 1 unspecified atom stereocenters. The van der Waals surface area contributed by atoms with E-state index in [4.69, 9.17) is 4.74 Å². The highest BCUT2D eigenvalue weighted by Crippen LogP contribution is 2.27. The van der Waals surface area contributed by atoms with Gasteiger partial charge in [0.1, 0.15) is 24.2 Å². The number of amides is 2. The third-order valence-electron chi connectivity index (χ3n) is 6.43. The predicted molar refractivity (Wildman–Crippen MR) is 153 cm³/mol. The summed E-state index contributed by atoms with van der Waals surface area (Å²) in [5.74, 6) is -0.915. The number of nitrogens with zero attached hydrogens (tertiary/aromatic N) is 2. The van der Waals surface area contributed by atoms with Crippen LogP contribution in [0.15, 0.2) is 83.8 Å². The van der Waals surface area contributed by atoms with Crippen LogP contribution in [-0.2, 0) is 26.2 Å². The quantitative estimate of drug-likeness (QED) is 0.283. The van der Waals surface area contributed by atoms with Crippen molar-refractivity contribution in [3.63, 3.8) is 0 Å². The molecule has 0 fully saturated rings. The molecule has 8 nitrogen and oxygen atoms in total. The van der Waals surface area contributed by atoms with E-state index in [0.29, 0.717) is 24.3 Å². The van der Waals surface area contributed by atoms with Crippen LogP contribution in [0, 0.1) is 5.82 Å². The summed E-state index contributed by atoms with van der Waals surface area (Å²) in [6, 6.07) is 19.0. The predicted octanol–water partition coefficient (Wildman–Crippen LogP) is 4.75. The maximum atomic E-state index is 14.0. The number of rotatable bonds is 14. The number of nitrogens with one attached hydrogen (secondary N) is 1. The Bertz CT molecular complexity index is 1370. The van der Waals surface area contributed by atoms with Gasteiger partial charge in [-0.2, -0.15) is 0 Å². The van der Waals surface area contributed by atoms with E-state index < -0.39 is 34.3 Å². The summed E-state index contributed by atoms with van der Waals surface area (Å²) in [5.41, 5.74) is 0.840. The number of anilines is 1. The molecule has 40 heavy (non-hydrogen) atoms. The number of halogens is 1. The van der Waals surface area contributed by atoms with Gasteiger partial charge >= 0.3 is 0 Å². The van der Waals surface area contributed by atoms with Gasteiger partial charge in [-0.15, -0.1) is 0 Å². The molecule has 0 saturated heterocycles. The number of hydrogen-bond acceptors (Lipinski definition) is 5. The van der Waals surface area contributed by atoms with Crippen LogP contribution in [0.3, 0.4) is 0 Å². The van der Waals surface area contributed by atoms with Crippen molar-refractivity contribution in [1.82, 2.24) is 10.2 Å². The van der Waals surface area contributed by atoms with Crippen molar-refractivity contribution in [3.05, 3.63) is 90.2 Å². The minimum absolute atomic E-state index is 0.00382. The molecule has 10 heteroatoms. The topological polar surface area (TPSA) is 96.0 Å². The molecule has 1 atom stereocenters. The Balaban J connectivity index is 2.03. The molecule has 0 heterocycles. The number of carbonyl (C=O) groups is 2. The van der Waals surface area contributed by atoms with Crippen molar-refractivity contribution in [3.8, 4) is 5.75 Å². The van der Waals surface area contributed by atoms with E-state index in [1.807, 2.05) is 6.92 Å². The van der Waals surface area contributed by atoms with Gasteiger partial charge in [0.05, 0.1) is 17.7 Å². The number of carbonyl (C=O) groups excluding carboxylic acids is 2. The fourth-order valence-electron chi connectivity index (χ4n) is 4.23. The summed E-state index contributed by atoms with van der Waals surface area (Å²) >= 11 is 0. The lowest BCUT2D eigenvalue weighted by Crippen LogP contribution is -2.52. The molecule has 1 N–H and O–H groups in total. The maximum Gasteiger partial charge on any atom is 0.264 e. The Morgan fingerprint density at radius 2 is 1.68 bits per heavy atom. The molecule has 214 valence electrons. The number of hydrogen-bond donors (Lipinski definition) is 1. The fourth-order valence-corrected chi connectivity index (χ4v) is 5.65. The number of benzene rings is 3. The van der Waals surface area contributed by atoms with Gasteiger partial charge in [0.25, 0.3) is 10.0 Å². The zero-order chi connectivity index (χ0) is 29.1. The normalized spacial score (nSPS) is 11.9. The Kier molecular flexibility index (Phi) is 11.1. The van der Waals surface area contributed by atoms with E-state index in [9.17, 15) is 22.4 Å². The van der Waals surface area contributed by atoms with Crippen molar-refractivity contribution < 1.29 is 27.1 Å². The standard InChI is InChI=1S/C30H36FN3O5S/c1-4-6-19-32-30(36)28(5-2)33(21-23-15-17-24(31)18-16-23)29(35)22-34(25-11-10-12-26(20-25)39-3)40(37,38)27-13-8-7-9-14-27/h7-18,20,28H,4-6,19,21-22H2,1-3H3,(H,32,36). The summed E-state index contributed by atoms with van der Waals surface area (Å²) in [6.07, 6.45) is 1.98. The Morgan fingerprint density at radius 1 is 0.975 bits per heavy atom. The number of sulfonamides is 1. The van der Waals surface area contributed by atoms with Crippen LogP contribution in [0.1, 0.15) is 38.7 Å². The molecule has 3 rings (SSSR count). The molecule has 0 bridgehead atoms. The summed E-state index contributed by atoms with van der Waals surface area (Å²) in [5, 5.41) is 2.88. The molecule has 0 aliphatic carbocycles. The summed E-state index contributed by atoms with van der Waals surface area (Å²) < 4.78 is 47.6. The first-order valence-electron chi connectivity index (χ1n) is 13.2. The SMILES string of the molecule is CCCCNC(=O)C(CC)N(Cc1ccc(F)cc1)C(=O)CN(c1cccc(OC)c1)S(=O)(=O)c1ccccc1. The first kappa shape index (κ1) is 30.6. The molecule has 3 aromatic rings. The smallest absolute Gasteiger partial charge is 0.264 e. The van der Waals surface area contributed by atoms with Crippen LogP contribution >= 0.6 is 0 Å². The zero-order valence-electron chi connectivity index (χ0n) is 23.0. The van der Waals surface area contributed by atoms with Crippen LogP contribution in [0.25, 0.3) is 0 Å². The highest BCUT2D eigenvalue weighted by Gasteiger charge is 2.33. The second-order valence-corrected chi connectivity index (χ2v) is 11.1. The van der Waals surface area contributed by atoms with E-state index in [0.717, 1.165) is 17.1 Å². The van der Waals surface area contributed by atoms with Gasteiger partial charge in [-0.1, -0.05) is 56.7 Å². The molecule has 0 aliphatic heterocycles. The van der Waals surface area contributed by atoms with Crippen molar-refractivity contribution in [2.24, 2.45) is 0 Å². The van der Waals surface area contributed by atoms with Crippen LogP contribution in [0.5, 0.6) is 5.75 Å². The van der Waals surface area contributed by atoms with Crippen LogP contribution in [0.4, 0.5) is 10.1 Å². The van der Waals surface area contributed by atoms with Crippen molar-refractivity contribution in [2.75, 3.05) is 24.5 Å². The fraction of sp³-hybridized carbons (Fsp3) is 0.333.